The highest BCUT2D eigenvalue weighted by molar-refractivity contribution is 7.89. The third-order valence-electron chi connectivity index (χ3n) is 5.19. The molecule has 1 aliphatic rings. The van der Waals surface area contributed by atoms with Gasteiger partial charge in [-0.25, -0.2) is 8.42 Å². The molecule has 0 saturated carbocycles. The van der Waals surface area contributed by atoms with E-state index in [0.717, 1.165) is 24.8 Å². The van der Waals surface area contributed by atoms with Gasteiger partial charge in [-0.3, -0.25) is 4.79 Å². The van der Waals surface area contributed by atoms with E-state index in [1.54, 1.807) is 24.3 Å². The van der Waals surface area contributed by atoms with Gasteiger partial charge in [0.2, 0.25) is 10.0 Å². The molecular formula is C21H25ClN2O4S. The minimum absolute atomic E-state index is 0.00854. The number of hydrogen-bond acceptors (Lipinski definition) is 4. The summed E-state index contributed by atoms with van der Waals surface area (Å²) in [6.45, 7) is 4.21. The summed E-state index contributed by atoms with van der Waals surface area (Å²) >= 11 is 5.96. The zero-order chi connectivity index (χ0) is 21.2. The normalized spacial score (nSPS) is 17.7. The molecule has 0 spiro atoms. The molecular weight excluding hydrogens is 412 g/mol. The minimum Gasteiger partial charge on any atom is -0.495 e. The Morgan fingerprint density at radius 2 is 1.97 bits per heavy atom. The van der Waals surface area contributed by atoms with Crippen LogP contribution in [0.1, 0.15) is 42.1 Å². The Morgan fingerprint density at radius 3 is 2.62 bits per heavy atom. The number of ether oxygens (including phenoxy) is 1. The molecule has 0 aliphatic carbocycles. The quantitative estimate of drug-likeness (QED) is 0.750. The van der Waals surface area contributed by atoms with E-state index in [2.05, 4.69) is 5.32 Å². The second kappa shape index (κ2) is 8.73. The van der Waals surface area contributed by atoms with Crippen molar-refractivity contribution in [3.63, 3.8) is 0 Å². The first-order chi connectivity index (χ1) is 13.7. The molecule has 0 unspecified atom stereocenters. The van der Waals surface area contributed by atoms with Crippen LogP contribution in [-0.4, -0.2) is 38.3 Å². The maximum atomic E-state index is 13.3. The molecule has 29 heavy (non-hydrogen) atoms. The average molecular weight is 437 g/mol. The number of rotatable bonds is 5. The van der Waals surface area contributed by atoms with Crippen LogP contribution in [0.25, 0.3) is 0 Å². The molecule has 1 fully saturated rings. The number of nitrogens with zero attached hydrogens (tertiary/aromatic N) is 1. The van der Waals surface area contributed by atoms with E-state index < -0.39 is 15.9 Å². The van der Waals surface area contributed by atoms with Crippen LogP contribution in [-0.2, 0) is 10.0 Å². The van der Waals surface area contributed by atoms with Crippen LogP contribution < -0.4 is 10.1 Å². The zero-order valence-corrected chi connectivity index (χ0v) is 18.3. The second-order valence-corrected chi connectivity index (χ2v) is 9.53. The predicted molar refractivity (Wildman–Crippen MR) is 114 cm³/mol. The first kappa shape index (κ1) is 21.6. The van der Waals surface area contributed by atoms with Gasteiger partial charge in [0.05, 0.1) is 7.11 Å². The molecule has 0 aromatic heterocycles. The number of benzene rings is 2. The van der Waals surface area contributed by atoms with Gasteiger partial charge in [-0.1, -0.05) is 18.0 Å². The van der Waals surface area contributed by atoms with Crippen LogP contribution in [0.15, 0.2) is 41.3 Å². The van der Waals surface area contributed by atoms with Gasteiger partial charge < -0.3 is 10.1 Å². The largest absolute Gasteiger partial charge is 0.495 e. The monoisotopic (exact) mass is 436 g/mol. The summed E-state index contributed by atoms with van der Waals surface area (Å²) in [5, 5.41) is 3.39. The van der Waals surface area contributed by atoms with Gasteiger partial charge in [0.15, 0.2) is 0 Å². The molecule has 1 saturated heterocycles. The molecule has 2 aromatic carbocycles. The fraction of sp³-hybridized carbons (Fsp3) is 0.381. The molecule has 6 nitrogen and oxygen atoms in total. The number of aryl methyl sites for hydroxylation is 1. The molecule has 0 radical (unpaired) electrons. The van der Waals surface area contributed by atoms with Crippen molar-refractivity contribution >= 4 is 33.2 Å². The molecule has 2 aromatic rings. The molecule has 1 aliphatic heterocycles. The van der Waals surface area contributed by atoms with E-state index in [9.17, 15) is 13.2 Å². The number of hydrogen-bond donors (Lipinski definition) is 1. The molecule has 0 bridgehead atoms. The van der Waals surface area contributed by atoms with E-state index in [1.807, 2.05) is 13.8 Å². The molecule has 8 heteroatoms. The van der Waals surface area contributed by atoms with Crippen molar-refractivity contribution in [2.45, 2.75) is 44.0 Å². The summed E-state index contributed by atoms with van der Waals surface area (Å²) < 4.78 is 33.4. The lowest BCUT2D eigenvalue weighted by Gasteiger charge is -2.32. The molecule has 1 amide bonds. The lowest BCUT2D eigenvalue weighted by molar-refractivity contribution is 0.102. The molecule has 156 valence electrons. The lowest BCUT2D eigenvalue weighted by atomic mass is 10.1. The summed E-state index contributed by atoms with van der Waals surface area (Å²) in [7, 11) is -2.36. The van der Waals surface area contributed by atoms with Gasteiger partial charge >= 0.3 is 0 Å². The van der Waals surface area contributed by atoms with Gasteiger partial charge in [-0.2, -0.15) is 4.31 Å². The fourth-order valence-electron chi connectivity index (χ4n) is 3.54. The van der Waals surface area contributed by atoms with Crippen molar-refractivity contribution in [1.82, 2.24) is 4.31 Å². The number of carbonyl (C=O) groups is 1. The molecule has 1 heterocycles. The van der Waals surface area contributed by atoms with E-state index >= 15 is 0 Å². The van der Waals surface area contributed by atoms with Crippen LogP contribution in [0.5, 0.6) is 5.75 Å². The number of halogens is 1. The average Bonchev–Trinajstić information content (AvgIpc) is 2.69. The maximum absolute atomic E-state index is 13.3. The third kappa shape index (κ3) is 4.57. The van der Waals surface area contributed by atoms with Crippen LogP contribution in [0, 0.1) is 6.92 Å². The fourth-order valence-corrected chi connectivity index (χ4v) is 5.65. The van der Waals surface area contributed by atoms with Crippen LogP contribution >= 0.6 is 11.6 Å². The van der Waals surface area contributed by atoms with E-state index in [-0.39, 0.29) is 22.3 Å². The van der Waals surface area contributed by atoms with Gasteiger partial charge in [-0.15, -0.1) is 0 Å². The van der Waals surface area contributed by atoms with Crippen molar-refractivity contribution in [3.8, 4) is 5.75 Å². The number of nitrogens with one attached hydrogen (secondary N) is 1. The topological polar surface area (TPSA) is 75.7 Å². The van der Waals surface area contributed by atoms with E-state index in [0.29, 0.717) is 17.3 Å². The number of amides is 1. The lowest BCUT2D eigenvalue weighted by Crippen LogP contribution is -2.42. The molecule has 1 N–H and O–H groups in total. The Bertz CT molecular complexity index is 1020. The number of carbonyl (C=O) groups excluding carboxylic acids is 1. The Hall–Kier alpha value is -2.09. The Kier molecular flexibility index (Phi) is 6.51. The van der Waals surface area contributed by atoms with E-state index in [1.165, 1.54) is 23.5 Å². The highest BCUT2D eigenvalue weighted by Crippen LogP contribution is 2.32. The number of methoxy groups -OCH3 is 1. The van der Waals surface area contributed by atoms with Crippen molar-refractivity contribution in [2.75, 3.05) is 19.0 Å². The summed E-state index contributed by atoms with van der Waals surface area (Å²) in [6, 6.07) is 9.52. The molecule has 1 atom stereocenters. The Labute approximate surface area is 176 Å². The van der Waals surface area contributed by atoms with Gasteiger partial charge in [0.1, 0.15) is 10.6 Å². The van der Waals surface area contributed by atoms with Crippen LogP contribution in [0.3, 0.4) is 0 Å². The van der Waals surface area contributed by atoms with E-state index in [4.69, 9.17) is 16.3 Å². The zero-order valence-electron chi connectivity index (χ0n) is 16.7. The summed E-state index contributed by atoms with van der Waals surface area (Å²) in [5.41, 5.74) is 1.67. The predicted octanol–water partition coefficient (Wildman–Crippen LogP) is 4.47. The van der Waals surface area contributed by atoms with Crippen molar-refractivity contribution in [1.29, 1.82) is 0 Å². The van der Waals surface area contributed by atoms with Crippen LogP contribution in [0.4, 0.5) is 5.69 Å². The number of sulfonamides is 1. The SMILES string of the molecule is COc1ccc(C(=O)Nc2ccc(Cl)cc2C)cc1S(=O)(=O)N1CCCC[C@H]1C. The maximum Gasteiger partial charge on any atom is 0.255 e. The van der Waals surface area contributed by atoms with Crippen molar-refractivity contribution in [3.05, 3.63) is 52.5 Å². The highest BCUT2D eigenvalue weighted by Gasteiger charge is 2.33. The van der Waals surface area contributed by atoms with Crippen molar-refractivity contribution < 1.29 is 17.9 Å². The van der Waals surface area contributed by atoms with Crippen molar-refractivity contribution in [2.24, 2.45) is 0 Å². The smallest absolute Gasteiger partial charge is 0.255 e. The Balaban J connectivity index is 1.95. The standard InChI is InChI=1S/C21H25ClN2O4S/c1-14-12-17(22)8-9-18(14)23-21(25)16-7-10-19(28-3)20(13-16)29(26,27)24-11-5-4-6-15(24)2/h7-10,12-13,15H,4-6,11H2,1-3H3,(H,23,25)/t15-/m1/s1. The number of anilines is 1. The van der Waals surface area contributed by atoms with Crippen LogP contribution in [0.2, 0.25) is 5.02 Å². The first-order valence-electron chi connectivity index (χ1n) is 9.51. The summed E-state index contributed by atoms with van der Waals surface area (Å²) in [4.78, 5) is 12.8. The number of piperidine rings is 1. The van der Waals surface area contributed by atoms with Gasteiger partial charge in [-0.05, 0) is 68.7 Å². The highest BCUT2D eigenvalue weighted by atomic mass is 35.5. The van der Waals surface area contributed by atoms with Gasteiger partial charge in [0.25, 0.3) is 5.91 Å². The first-order valence-corrected chi connectivity index (χ1v) is 11.3. The summed E-state index contributed by atoms with van der Waals surface area (Å²) in [5.74, 6) is -0.178. The van der Waals surface area contributed by atoms with Gasteiger partial charge in [0, 0.05) is 28.9 Å². The minimum atomic E-state index is -3.79. The second-order valence-electron chi connectivity index (χ2n) is 7.24. The molecule has 3 rings (SSSR count). The summed E-state index contributed by atoms with van der Waals surface area (Å²) in [6.07, 6.45) is 2.65. The Morgan fingerprint density at radius 1 is 1.21 bits per heavy atom. The third-order valence-corrected chi connectivity index (χ3v) is 7.46.